The van der Waals surface area contributed by atoms with Crippen LogP contribution in [-0.2, 0) is 0 Å². The first-order chi connectivity index (χ1) is 10.1. The van der Waals surface area contributed by atoms with Gasteiger partial charge in [0.15, 0.2) is 11.5 Å². The fourth-order valence-corrected chi connectivity index (χ4v) is 3.02. The second-order valence-electron chi connectivity index (χ2n) is 6.46. The molecule has 2 aliphatic rings. The van der Waals surface area contributed by atoms with Crippen molar-refractivity contribution in [2.75, 3.05) is 19.8 Å². The molecule has 3 rings (SSSR count). The van der Waals surface area contributed by atoms with Gasteiger partial charge in [-0.15, -0.1) is 0 Å². The summed E-state index contributed by atoms with van der Waals surface area (Å²) in [7, 11) is 0. The summed E-state index contributed by atoms with van der Waals surface area (Å²) in [6, 6.07) is 4.38. The Hall–Kier alpha value is -1.42. The smallest absolute Gasteiger partial charge is 0.165 e. The molecule has 0 amide bonds. The number of hydrogen-bond acceptors (Lipinski definition) is 4. The summed E-state index contributed by atoms with van der Waals surface area (Å²) in [5.74, 6) is 2.56. The van der Waals surface area contributed by atoms with E-state index in [-0.39, 0.29) is 5.60 Å². The maximum Gasteiger partial charge on any atom is 0.165 e. The second kappa shape index (κ2) is 5.76. The third-order valence-electron chi connectivity index (χ3n) is 4.05. The quantitative estimate of drug-likeness (QED) is 0.863. The van der Waals surface area contributed by atoms with Gasteiger partial charge < -0.3 is 19.5 Å². The van der Waals surface area contributed by atoms with Gasteiger partial charge in [0.25, 0.3) is 0 Å². The highest BCUT2D eigenvalue weighted by Gasteiger charge is 2.35. The maximum atomic E-state index is 6.15. The van der Waals surface area contributed by atoms with Crippen molar-refractivity contribution in [3.8, 4) is 17.2 Å². The lowest BCUT2D eigenvalue weighted by Crippen LogP contribution is -2.39. The minimum atomic E-state index is -0.166. The number of unbranched alkanes of at least 4 members (excludes halogenated alkanes) is 1. The van der Waals surface area contributed by atoms with Crippen LogP contribution in [0, 0.1) is 0 Å². The first-order valence-corrected chi connectivity index (χ1v) is 7.95. The van der Waals surface area contributed by atoms with E-state index in [2.05, 4.69) is 32.2 Å². The number of rotatable bonds is 4. The van der Waals surface area contributed by atoms with Crippen LogP contribution in [0.15, 0.2) is 12.1 Å². The Morgan fingerprint density at radius 1 is 1.14 bits per heavy atom. The van der Waals surface area contributed by atoms with Crippen LogP contribution in [0.4, 0.5) is 0 Å². The van der Waals surface area contributed by atoms with Gasteiger partial charge in [-0.2, -0.15) is 0 Å². The van der Waals surface area contributed by atoms with Gasteiger partial charge in [0.2, 0.25) is 0 Å². The fourth-order valence-electron chi connectivity index (χ4n) is 3.02. The summed E-state index contributed by atoms with van der Waals surface area (Å²) in [5.41, 5.74) is 1.02. The third kappa shape index (κ3) is 3.10. The van der Waals surface area contributed by atoms with Gasteiger partial charge >= 0.3 is 0 Å². The van der Waals surface area contributed by atoms with Crippen LogP contribution in [0.25, 0.3) is 0 Å². The van der Waals surface area contributed by atoms with Crippen LogP contribution in [0.2, 0.25) is 0 Å². The molecule has 1 aromatic rings. The molecule has 2 aliphatic heterocycles. The van der Waals surface area contributed by atoms with Crippen molar-refractivity contribution in [2.45, 2.75) is 51.7 Å². The van der Waals surface area contributed by atoms with E-state index < -0.39 is 0 Å². The molecule has 0 bridgehead atoms. The zero-order chi connectivity index (χ0) is 14.9. The van der Waals surface area contributed by atoms with Crippen molar-refractivity contribution in [1.82, 2.24) is 5.32 Å². The molecular weight excluding hydrogens is 266 g/mol. The van der Waals surface area contributed by atoms with E-state index in [0.29, 0.717) is 19.3 Å². The highest BCUT2D eigenvalue weighted by Crippen LogP contribution is 2.45. The van der Waals surface area contributed by atoms with Crippen LogP contribution < -0.4 is 19.5 Å². The molecule has 4 nitrogen and oxygen atoms in total. The van der Waals surface area contributed by atoms with Gasteiger partial charge in [0.05, 0.1) is 0 Å². The van der Waals surface area contributed by atoms with E-state index >= 15 is 0 Å². The van der Waals surface area contributed by atoms with E-state index in [0.717, 1.165) is 30.2 Å². The highest BCUT2D eigenvalue weighted by molar-refractivity contribution is 5.53. The zero-order valence-electron chi connectivity index (χ0n) is 13.2. The van der Waals surface area contributed by atoms with Crippen molar-refractivity contribution in [3.63, 3.8) is 0 Å². The fraction of sp³-hybridized carbons (Fsp3) is 0.647. The van der Waals surface area contributed by atoms with Crippen LogP contribution in [0.5, 0.6) is 17.2 Å². The summed E-state index contributed by atoms with van der Waals surface area (Å²) in [5, 5.41) is 3.66. The first kappa shape index (κ1) is 14.5. The van der Waals surface area contributed by atoms with Crippen molar-refractivity contribution in [1.29, 1.82) is 0 Å². The Labute approximate surface area is 126 Å². The molecule has 0 spiro atoms. The van der Waals surface area contributed by atoms with Crippen molar-refractivity contribution in [3.05, 3.63) is 17.7 Å². The normalized spacial score (nSPS) is 22.3. The SMILES string of the molecule is CCCCNC1CC(C)(C)Oc2cc3c(cc21)OCCO3. The monoisotopic (exact) mass is 291 g/mol. The molecule has 1 aromatic carbocycles. The van der Waals surface area contributed by atoms with E-state index in [1.165, 1.54) is 18.4 Å². The standard InChI is InChI=1S/C17H25NO3/c1-4-5-6-18-13-11-17(2,3)21-14-10-16-15(9-12(13)14)19-7-8-20-16/h9-10,13,18H,4-8,11H2,1-3H3. The summed E-state index contributed by atoms with van der Waals surface area (Å²) >= 11 is 0. The summed E-state index contributed by atoms with van der Waals surface area (Å²) in [6.45, 7) is 8.75. The molecule has 0 saturated heterocycles. The van der Waals surface area contributed by atoms with Crippen LogP contribution in [0.3, 0.4) is 0 Å². The Kier molecular flexibility index (Phi) is 3.98. The molecule has 0 saturated carbocycles. The van der Waals surface area contributed by atoms with Gasteiger partial charge in [-0.3, -0.25) is 0 Å². The number of ether oxygens (including phenoxy) is 3. The van der Waals surface area contributed by atoms with Crippen LogP contribution in [-0.4, -0.2) is 25.4 Å². The van der Waals surface area contributed by atoms with E-state index in [9.17, 15) is 0 Å². The van der Waals surface area contributed by atoms with Crippen LogP contribution >= 0.6 is 0 Å². The van der Waals surface area contributed by atoms with Crippen molar-refractivity contribution in [2.24, 2.45) is 0 Å². The molecule has 1 unspecified atom stereocenters. The van der Waals surface area contributed by atoms with E-state index in [1.807, 2.05) is 6.07 Å². The van der Waals surface area contributed by atoms with Crippen molar-refractivity contribution < 1.29 is 14.2 Å². The van der Waals surface area contributed by atoms with Gasteiger partial charge in [0.1, 0.15) is 24.6 Å². The number of nitrogens with one attached hydrogen (secondary N) is 1. The summed E-state index contributed by atoms with van der Waals surface area (Å²) < 4.78 is 17.5. The molecule has 21 heavy (non-hydrogen) atoms. The summed E-state index contributed by atoms with van der Waals surface area (Å²) in [6.07, 6.45) is 3.36. The van der Waals surface area contributed by atoms with E-state index in [1.54, 1.807) is 0 Å². The number of hydrogen-bond donors (Lipinski definition) is 1. The predicted octanol–water partition coefficient (Wildman–Crippen LogP) is 3.45. The minimum Gasteiger partial charge on any atom is -0.487 e. The number of fused-ring (bicyclic) bond motifs is 2. The van der Waals surface area contributed by atoms with Gasteiger partial charge in [0, 0.05) is 24.1 Å². The molecule has 0 fully saturated rings. The predicted molar refractivity (Wildman–Crippen MR) is 82.4 cm³/mol. The molecule has 1 N–H and O–H groups in total. The van der Waals surface area contributed by atoms with Gasteiger partial charge in [-0.25, -0.2) is 0 Å². The largest absolute Gasteiger partial charge is 0.487 e. The van der Waals surface area contributed by atoms with Gasteiger partial charge in [-0.05, 0) is 32.9 Å². The Bertz CT molecular complexity index is 513. The lowest BCUT2D eigenvalue weighted by atomic mass is 9.89. The van der Waals surface area contributed by atoms with Gasteiger partial charge in [-0.1, -0.05) is 13.3 Å². The molecule has 1 atom stereocenters. The average molecular weight is 291 g/mol. The van der Waals surface area contributed by atoms with E-state index in [4.69, 9.17) is 14.2 Å². The molecule has 2 heterocycles. The topological polar surface area (TPSA) is 39.7 Å². The molecule has 0 radical (unpaired) electrons. The molecule has 0 aliphatic carbocycles. The molecule has 4 heteroatoms. The Morgan fingerprint density at radius 3 is 2.57 bits per heavy atom. The summed E-state index contributed by atoms with van der Waals surface area (Å²) in [4.78, 5) is 0. The maximum absolute atomic E-state index is 6.15. The first-order valence-electron chi connectivity index (χ1n) is 7.95. The lowest BCUT2D eigenvalue weighted by molar-refractivity contribution is 0.0644. The highest BCUT2D eigenvalue weighted by atomic mass is 16.6. The number of benzene rings is 1. The minimum absolute atomic E-state index is 0.166. The molecule has 116 valence electrons. The average Bonchev–Trinajstić information content (AvgIpc) is 2.44. The zero-order valence-corrected chi connectivity index (χ0v) is 13.2. The Morgan fingerprint density at radius 2 is 1.86 bits per heavy atom. The third-order valence-corrected chi connectivity index (χ3v) is 4.05. The lowest BCUT2D eigenvalue weighted by Gasteiger charge is -2.38. The molecular formula is C17H25NO3. The van der Waals surface area contributed by atoms with Crippen LogP contribution in [0.1, 0.15) is 51.6 Å². The molecule has 0 aromatic heterocycles. The Balaban J connectivity index is 1.90. The second-order valence-corrected chi connectivity index (χ2v) is 6.46. The van der Waals surface area contributed by atoms with Crippen molar-refractivity contribution >= 4 is 0 Å².